The Kier molecular flexibility index (Phi) is 9.02. The van der Waals surface area contributed by atoms with Gasteiger partial charge in [-0.05, 0) is 13.0 Å². The molecule has 1 aliphatic rings. The van der Waals surface area contributed by atoms with Crippen molar-refractivity contribution < 1.29 is 9.53 Å². The van der Waals surface area contributed by atoms with Gasteiger partial charge in [-0.15, -0.1) is 0 Å². The number of rotatable bonds is 6. The Labute approximate surface area is 112 Å². The number of ether oxygens (including phenoxy) is 1. The maximum Gasteiger partial charge on any atom is 0.220 e. The van der Waals surface area contributed by atoms with Gasteiger partial charge < -0.3 is 15.4 Å². The minimum absolute atomic E-state index is 0.126. The summed E-state index contributed by atoms with van der Waals surface area (Å²) in [5.74, 6) is 0.565. The smallest absolute Gasteiger partial charge is 0.220 e. The summed E-state index contributed by atoms with van der Waals surface area (Å²) in [7, 11) is 1.93. The van der Waals surface area contributed by atoms with Crippen LogP contribution in [-0.2, 0) is 9.53 Å². The number of carbonyl (C=O) groups is 1. The lowest BCUT2D eigenvalue weighted by molar-refractivity contribution is -0.129. The summed E-state index contributed by atoms with van der Waals surface area (Å²) in [6, 6.07) is 0. The third-order valence-corrected chi connectivity index (χ3v) is 2.62. The van der Waals surface area contributed by atoms with Gasteiger partial charge in [0.1, 0.15) is 0 Å². The summed E-state index contributed by atoms with van der Waals surface area (Å²) in [6.45, 7) is 11.5. The molecule has 0 spiro atoms. The quantitative estimate of drug-likeness (QED) is 0.764. The largest absolute Gasteiger partial charge is 0.380 e. The first-order valence-corrected chi connectivity index (χ1v) is 6.98. The minimum Gasteiger partial charge on any atom is -0.380 e. The van der Waals surface area contributed by atoms with Crippen LogP contribution in [0, 0.1) is 11.3 Å². The summed E-state index contributed by atoms with van der Waals surface area (Å²) < 4.78 is 5.21. The van der Waals surface area contributed by atoms with E-state index in [1.54, 1.807) is 0 Å². The van der Waals surface area contributed by atoms with E-state index in [0.29, 0.717) is 12.3 Å². The molecule has 1 saturated heterocycles. The summed E-state index contributed by atoms with van der Waals surface area (Å²) in [6.07, 6.45) is 1.86. The highest BCUT2D eigenvalue weighted by molar-refractivity contribution is 5.76. The summed E-state index contributed by atoms with van der Waals surface area (Å²) in [5.41, 5.74) is 0.126. The number of amides is 1. The lowest BCUT2D eigenvalue weighted by Crippen LogP contribution is -2.55. The van der Waals surface area contributed by atoms with E-state index in [2.05, 4.69) is 38.3 Å². The van der Waals surface area contributed by atoms with Crippen molar-refractivity contribution in [3.05, 3.63) is 0 Å². The first-order chi connectivity index (χ1) is 8.49. The van der Waals surface area contributed by atoms with E-state index >= 15 is 0 Å². The minimum atomic E-state index is 0.126. The second kappa shape index (κ2) is 9.34. The molecule has 0 aromatic rings. The van der Waals surface area contributed by atoms with E-state index in [1.807, 2.05) is 7.05 Å². The van der Waals surface area contributed by atoms with Crippen LogP contribution >= 0.6 is 0 Å². The van der Waals surface area contributed by atoms with Crippen LogP contribution < -0.4 is 10.6 Å². The van der Waals surface area contributed by atoms with Crippen LogP contribution in [0.4, 0.5) is 0 Å². The highest BCUT2D eigenvalue weighted by Gasteiger charge is 2.38. The highest BCUT2D eigenvalue weighted by atomic mass is 16.5. The van der Waals surface area contributed by atoms with E-state index in [-0.39, 0.29) is 11.3 Å². The number of carbonyl (C=O) groups excluding carboxylic acids is 1. The van der Waals surface area contributed by atoms with Crippen LogP contribution in [0.25, 0.3) is 0 Å². The van der Waals surface area contributed by atoms with Crippen molar-refractivity contribution in [2.24, 2.45) is 11.3 Å². The lowest BCUT2D eigenvalue weighted by Gasteiger charge is -2.41. The number of hydrogen-bond donors (Lipinski definition) is 2. The normalized spacial score (nSPS) is 16.6. The van der Waals surface area contributed by atoms with Gasteiger partial charge in [0.25, 0.3) is 0 Å². The van der Waals surface area contributed by atoms with Crippen molar-refractivity contribution in [1.82, 2.24) is 10.6 Å². The molecule has 4 heteroatoms. The van der Waals surface area contributed by atoms with Crippen LogP contribution in [0.3, 0.4) is 0 Å². The third-order valence-electron chi connectivity index (χ3n) is 2.62. The molecule has 18 heavy (non-hydrogen) atoms. The average molecular weight is 258 g/mol. The zero-order valence-corrected chi connectivity index (χ0v) is 12.6. The van der Waals surface area contributed by atoms with Gasteiger partial charge in [0, 0.05) is 24.9 Å². The van der Waals surface area contributed by atoms with Gasteiger partial charge in [0.2, 0.25) is 5.91 Å². The van der Waals surface area contributed by atoms with Crippen molar-refractivity contribution >= 4 is 5.91 Å². The van der Waals surface area contributed by atoms with Crippen molar-refractivity contribution in [2.75, 3.05) is 33.4 Å². The monoisotopic (exact) mass is 258 g/mol. The van der Waals surface area contributed by atoms with Gasteiger partial charge in [-0.2, -0.15) is 0 Å². The van der Waals surface area contributed by atoms with E-state index in [1.165, 1.54) is 6.42 Å². The van der Waals surface area contributed by atoms with E-state index in [9.17, 15) is 4.79 Å². The van der Waals surface area contributed by atoms with E-state index in [4.69, 9.17) is 4.74 Å². The van der Waals surface area contributed by atoms with Crippen molar-refractivity contribution in [3.8, 4) is 0 Å². The van der Waals surface area contributed by atoms with Crippen LogP contribution in [0.2, 0.25) is 0 Å². The number of hydrogen-bond acceptors (Lipinski definition) is 3. The SMILES string of the molecule is CCC.CNCC1(CNC(=O)CC(C)C)COC1. The molecule has 0 aromatic heterocycles. The molecule has 0 bridgehead atoms. The average Bonchev–Trinajstić information content (AvgIpc) is 2.22. The second-order valence-electron chi connectivity index (χ2n) is 5.60. The molecule has 2 N–H and O–H groups in total. The summed E-state index contributed by atoms with van der Waals surface area (Å²) in [5, 5.41) is 6.13. The molecule has 0 atom stereocenters. The predicted molar refractivity (Wildman–Crippen MR) is 75.6 cm³/mol. The molecular formula is C14H30N2O2. The molecule has 0 aliphatic carbocycles. The predicted octanol–water partition coefficient (Wildman–Crippen LogP) is 1.80. The van der Waals surface area contributed by atoms with Gasteiger partial charge in [-0.1, -0.05) is 34.1 Å². The molecule has 1 aliphatic heterocycles. The number of nitrogens with one attached hydrogen (secondary N) is 2. The maximum absolute atomic E-state index is 11.5. The zero-order valence-electron chi connectivity index (χ0n) is 12.6. The van der Waals surface area contributed by atoms with Gasteiger partial charge in [0.05, 0.1) is 13.2 Å². The van der Waals surface area contributed by atoms with Gasteiger partial charge in [0.15, 0.2) is 0 Å². The molecule has 1 rings (SSSR count). The fourth-order valence-corrected chi connectivity index (χ4v) is 1.76. The fraction of sp³-hybridized carbons (Fsp3) is 0.929. The third kappa shape index (κ3) is 6.97. The molecule has 0 saturated carbocycles. The molecule has 4 nitrogen and oxygen atoms in total. The van der Waals surface area contributed by atoms with Crippen molar-refractivity contribution in [3.63, 3.8) is 0 Å². The standard InChI is InChI=1S/C11H22N2O2.C3H8/c1-9(2)4-10(14)13-6-11(5-12-3)7-15-8-11;1-3-2/h9,12H,4-8H2,1-3H3,(H,13,14);3H2,1-2H3. The Morgan fingerprint density at radius 1 is 1.28 bits per heavy atom. The second-order valence-corrected chi connectivity index (χ2v) is 5.60. The summed E-state index contributed by atoms with van der Waals surface area (Å²) in [4.78, 5) is 11.5. The fourth-order valence-electron chi connectivity index (χ4n) is 1.76. The molecule has 0 radical (unpaired) electrons. The summed E-state index contributed by atoms with van der Waals surface area (Å²) >= 11 is 0. The molecule has 1 heterocycles. The molecule has 0 unspecified atom stereocenters. The van der Waals surface area contributed by atoms with Gasteiger partial charge in [-0.25, -0.2) is 0 Å². The van der Waals surface area contributed by atoms with Crippen molar-refractivity contribution in [1.29, 1.82) is 0 Å². The van der Waals surface area contributed by atoms with Crippen LogP contribution in [0.5, 0.6) is 0 Å². The van der Waals surface area contributed by atoms with Gasteiger partial charge in [-0.3, -0.25) is 4.79 Å². The first-order valence-electron chi connectivity index (χ1n) is 6.98. The van der Waals surface area contributed by atoms with E-state index in [0.717, 1.165) is 26.3 Å². The molecule has 0 aromatic carbocycles. The Bertz CT molecular complexity index is 226. The van der Waals surface area contributed by atoms with Crippen LogP contribution in [0.1, 0.15) is 40.5 Å². The molecule has 1 amide bonds. The molecule has 1 fully saturated rings. The van der Waals surface area contributed by atoms with Crippen LogP contribution in [0.15, 0.2) is 0 Å². The Morgan fingerprint density at radius 2 is 1.83 bits per heavy atom. The van der Waals surface area contributed by atoms with Crippen LogP contribution in [-0.4, -0.2) is 39.3 Å². The highest BCUT2D eigenvalue weighted by Crippen LogP contribution is 2.25. The molecule has 108 valence electrons. The first kappa shape index (κ1) is 17.4. The maximum atomic E-state index is 11.5. The lowest BCUT2D eigenvalue weighted by atomic mass is 9.85. The molecular weight excluding hydrogens is 228 g/mol. The van der Waals surface area contributed by atoms with Crippen molar-refractivity contribution in [2.45, 2.75) is 40.5 Å². The Hall–Kier alpha value is -0.610. The Morgan fingerprint density at radius 3 is 2.17 bits per heavy atom. The Balaban J connectivity index is 0.000000873. The van der Waals surface area contributed by atoms with E-state index < -0.39 is 0 Å². The topological polar surface area (TPSA) is 50.4 Å². The zero-order chi connectivity index (χ0) is 14.0. The van der Waals surface area contributed by atoms with Gasteiger partial charge >= 0.3 is 0 Å².